The van der Waals surface area contributed by atoms with Crippen LogP contribution in [0.5, 0.6) is 0 Å². The second-order valence-corrected chi connectivity index (χ2v) is 6.79. The minimum Gasteiger partial charge on any atom is -0.393 e. The molecule has 0 aromatic carbocycles. The predicted octanol–water partition coefficient (Wildman–Crippen LogP) is 1.94. The zero-order valence-corrected chi connectivity index (χ0v) is 12.8. The average Bonchev–Trinajstić information content (AvgIpc) is 2.87. The molecule has 0 aliphatic carbocycles. The van der Waals surface area contributed by atoms with Crippen LogP contribution >= 0.6 is 0 Å². The van der Waals surface area contributed by atoms with Gasteiger partial charge in [-0.1, -0.05) is 20.8 Å². The van der Waals surface area contributed by atoms with Gasteiger partial charge >= 0.3 is 0 Å². The van der Waals surface area contributed by atoms with Crippen LogP contribution in [0, 0.1) is 5.92 Å². The number of nitrogens with zero attached hydrogens (tertiary/aromatic N) is 2. The third-order valence-electron chi connectivity index (χ3n) is 4.11. The number of rotatable bonds is 2. The fraction of sp³-hybridized carbons (Fsp3) is 0.733. The SMILES string of the molecule is CC(O)C1CCN(C(=O)c2cc(C(C)(C)C)[nH]n2)CC1. The van der Waals surface area contributed by atoms with Crippen molar-refractivity contribution in [2.45, 2.75) is 52.1 Å². The van der Waals surface area contributed by atoms with Crippen LogP contribution in [0.2, 0.25) is 0 Å². The number of nitrogens with one attached hydrogen (secondary N) is 1. The number of hydrogen-bond donors (Lipinski definition) is 2. The van der Waals surface area contributed by atoms with E-state index in [1.54, 1.807) is 0 Å². The van der Waals surface area contributed by atoms with Crippen molar-refractivity contribution in [3.63, 3.8) is 0 Å². The first kappa shape index (κ1) is 15.0. The molecule has 5 nitrogen and oxygen atoms in total. The molecule has 1 aromatic heterocycles. The zero-order valence-electron chi connectivity index (χ0n) is 12.8. The van der Waals surface area contributed by atoms with Gasteiger partial charge in [-0.2, -0.15) is 5.10 Å². The van der Waals surface area contributed by atoms with Crippen molar-refractivity contribution < 1.29 is 9.90 Å². The molecular weight excluding hydrogens is 254 g/mol. The number of hydrogen-bond acceptors (Lipinski definition) is 3. The Hall–Kier alpha value is -1.36. The summed E-state index contributed by atoms with van der Waals surface area (Å²) in [6, 6.07) is 1.85. The third-order valence-corrected chi connectivity index (χ3v) is 4.11. The van der Waals surface area contributed by atoms with Crippen molar-refractivity contribution in [1.29, 1.82) is 0 Å². The molecule has 0 bridgehead atoms. The second-order valence-electron chi connectivity index (χ2n) is 6.79. The van der Waals surface area contributed by atoms with Crippen molar-refractivity contribution >= 4 is 5.91 Å². The van der Waals surface area contributed by atoms with Gasteiger partial charge in [0.05, 0.1) is 6.10 Å². The summed E-state index contributed by atoms with van der Waals surface area (Å²) >= 11 is 0. The number of aromatic nitrogens is 2. The highest BCUT2D eigenvalue weighted by Gasteiger charge is 2.28. The monoisotopic (exact) mass is 279 g/mol. The third kappa shape index (κ3) is 3.20. The van der Waals surface area contributed by atoms with E-state index < -0.39 is 0 Å². The summed E-state index contributed by atoms with van der Waals surface area (Å²) in [7, 11) is 0. The van der Waals surface area contributed by atoms with Crippen LogP contribution in [0.3, 0.4) is 0 Å². The Labute approximate surface area is 120 Å². The standard InChI is InChI=1S/C15H25N3O2/c1-10(19)11-5-7-18(8-6-11)14(20)12-9-13(17-16-12)15(2,3)4/h9-11,19H,5-8H2,1-4H3,(H,16,17). The van der Waals surface area contributed by atoms with Crippen LogP contribution in [0.4, 0.5) is 0 Å². The maximum absolute atomic E-state index is 12.4. The van der Waals surface area contributed by atoms with E-state index in [0.717, 1.165) is 18.5 Å². The lowest BCUT2D eigenvalue weighted by molar-refractivity contribution is 0.0517. The Morgan fingerprint density at radius 1 is 1.45 bits per heavy atom. The molecule has 2 heterocycles. The van der Waals surface area contributed by atoms with Gasteiger partial charge in [-0.3, -0.25) is 9.89 Å². The van der Waals surface area contributed by atoms with Crippen LogP contribution < -0.4 is 0 Å². The Morgan fingerprint density at radius 3 is 2.50 bits per heavy atom. The molecule has 2 N–H and O–H groups in total. The molecule has 20 heavy (non-hydrogen) atoms. The smallest absolute Gasteiger partial charge is 0.274 e. The molecule has 1 amide bonds. The van der Waals surface area contributed by atoms with Crippen LogP contribution in [-0.2, 0) is 5.41 Å². The van der Waals surface area contributed by atoms with E-state index in [-0.39, 0.29) is 17.4 Å². The molecular formula is C15H25N3O2. The second kappa shape index (κ2) is 5.56. The van der Waals surface area contributed by atoms with Gasteiger partial charge in [0.1, 0.15) is 5.69 Å². The van der Waals surface area contributed by atoms with Crippen molar-refractivity contribution in [1.82, 2.24) is 15.1 Å². The van der Waals surface area contributed by atoms with Gasteiger partial charge in [0.2, 0.25) is 0 Å². The zero-order chi connectivity index (χ0) is 14.9. The number of amides is 1. The summed E-state index contributed by atoms with van der Waals surface area (Å²) in [4.78, 5) is 14.2. The number of aliphatic hydroxyl groups is 1. The summed E-state index contributed by atoms with van der Waals surface area (Å²) in [5.74, 6) is 0.296. The lowest BCUT2D eigenvalue weighted by Gasteiger charge is -2.32. The van der Waals surface area contributed by atoms with E-state index in [2.05, 4.69) is 31.0 Å². The minimum atomic E-state index is -0.287. The maximum Gasteiger partial charge on any atom is 0.274 e. The molecule has 1 atom stereocenters. The Balaban J connectivity index is 2.01. The van der Waals surface area contributed by atoms with Gasteiger partial charge in [-0.15, -0.1) is 0 Å². The van der Waals surface area contributed by atoms with E-state index >= 15 is 0 Å². The molecule has 2 rings (SSSR count). The largest absolute Gasteiger partial charge is 0.393 e. The van der Waals surface area contributed by atoms with E-state index in [1.807, 2.05) is 17.9 Å². The highest BCUT2D eigenvalue weighted by atomic mass is 16.3. The Morgan fingerprint density at radius 2 is 2.05 bits per heavy atom. The molecule has 0 radical (unpaired) electrons. The number of likely N-dealkylation sites (tertiary alicyclic amines) is 1. The molecule has 0 spiro atoms. The lowest BCUT2D eigenvalue weighted by atomic mass is 9.91. The molecule has 1 fully saturated rings. The predicted molar refractivity (Wildman–Crippen MR) is 77.6 cm³/mol. The molecule has 0 saturated carbocycles. The van der Waals surface area contributed by atoms with E-state index in [9.17, 15) is 9.90 Å². The average molecular weight is 279 g/mol. The topological polar surface area (TPSA) is 69.2 Å². The molecule has 112 valence electrons. The summed E-state index contributed by atoms with van der Waals surface area (Å²) in [5.41, 5.74) is 1.43. The highest BCUT2D eigenvalue weighted by molar-refractivity contribution is 5.92. The first-order valence-corrected chi connectivity index (χ1v) is 7.32. The Bertz CT molecular complexity index is 466. The molecule has 1 aliphatic heterocycles. The number of carbonyl (C=O) groups excluding carboxylic acids is 1. The fourth-order valence-electron chi connectivity index (χ4n) is 2.56. The minimum absolute atomic E-state index is 0.0132. The molecule has 1 unspecified atom stereocenters. The van der Waals surface area contributed by atoms with Crippen LogP contribution in [0.1, 0.15) is 56.7 Å². The van der Waals surface area contributed by atoms with E-state index in [4.69, 9.17) is 0 Å². The quantitative estimate of drug-likeness (QED) is 0.869. The highest BCUT2D eigenvalue weighted by Crippen LogP contribution is 2.23. The van der Waals surface area contributed by atoms with Gasteiger partial charge in [0.25, 0.3) is 5.91 Å². The molecule has 1 saturated heterocycles. The van der Waals surface area contributed by atoms with Gasteiger partial charge in [0.15, 0.2) is 0 Å². The number of aliphatic hydroxyl groups excluding tert-OH is 1. The fourth-order valence-corrected chi connectivity index (χ4v) is 2.56. The first-order chi connectivity index (χ1) is 9.29. The first-order valence-electron chi connectivity index (χ1n) is 7.32. The normalized spacial score (nSPS) is 19.1. The van der Waals surface area contributed by atoms with E-state index in [0.29, 0.717) is 24.7 Å². The summed E-state index contributed by atoms with van der Waals surface area (Å²) in [6.45, 7) is 9.48. The van der Waals surface area contributed by atoms with Crippen molar-refractivity contribution in [3.8, 4) is 0 Å². The number of aromatic amines is 1. The van der Waals surface area contributed by atoms with Crippen LogP contribution in [0.15, 0.2) is 6.07 Å². The lowest BCUT2D eigenvalue weighted by Crippen LogP contribution is -2.40. The van der Waals surface area contributed by atoms with Crippen molar-refractivity contribution in [2.75, 3.05) is 13.1 Å². The van der Waals surface area contributed by atoms with Gasteiger partial charge in [-0.05, 0) is 31.7 Å². The number of piperidine rings is 1. The van der Waals surface area contributed by atoms with Crippen LogP contribution in [0.25, 0.3) is 0 Å². The summed E-state index contributed by atoms with van der Waals surface area (Å²) < 4.78 is 0. The van der Waals surface area contributed by atoms with Gasteiger partial charge in [0, 0.05) is 24.2 Å². The maximum atomic E-state index is 12.4. The molecule has 1 aliphatic rings. The molecule has 5 heteroatoms. The van der Waals surface area contributed by atoms with Crippen molar-refractivity contribution in [3.05, 3.63) is 17.5 Å². The van der Waals surface area contributed by atoms with Gasteiger partial charge < -0.3 is 10.0 Å². The van der Waals surface area contributed by atoms with Crippen molar-refractivity contribution in [2.24, 2.45) is 5.92 Å². The Kier molecular flexibility index (Phi) is 4.18. The van der Waals surface area contributed by atoms with E-state index in [1.165, 1.54) is 0 Å². The van der Waals surface area contributed by atoms with Crippen LogP contribution in [-0.4, -0.2) is 45.3 Å². The summed E-state index contributed by atoms with van der Waals surface area (Å²) in [5, 5.41) is 16.7. The summed E-state index contributed by atoms with van der Waals surface area (Å²) in [6.07, 6.45) is 1.44. The number of carbonyl (C=O) groups is 1. The molecule has 1 aromatic rings. The number of H-pyrrole nitrogens is 1. The van der Waals surface area contributed by atoms with Gasteiger partial charge in [-0.25, -0.2) is 0 Å².